The Hall–Kier alpha value is -2.56. The highest BCUT2D eigenvalue weighted by molar-refractivity contribution is 5.85. The van der Waals surface area contributed by atoms with E-state index in [1.54, 1.807) is 7.11 Å². The summed E-state index contributed by atoms with van der Waals surface area (Å²) in [5, 5.41) is 0. The molecule has 2 fully saturated rings. The van der Waals surface area contributed by atoms with Crippen LogP contribution in [-0.4, -0.2) is 18.5 Å². The second kappa shape index (κ2) is 6.97. The van der Waals surface area contributed by atoms with Crippen LogP contribution in [0.1, 0.15) is 58.9 Å². The fourth-order valence-corrected chi connectivity index (χ4v) is 7.01. The number of carbonyl (C=O) groups is 1. The average Bonchev–Trinajstić information content (AvgIpc) is 2.75. The standard InChI is InChI=1S/C27H32O5/c1-25(2)21-10-13-27(4)22(26(21,3)12-11-23(25)28)14-18-20(32-27)15-19(31-24(18)29)16-6-8-17(30-5)9-7-16/h6-9,15,21-22H,10-14H2,1-5H3/t21-,22?,26-,27+/m0/s1. The van der Waals surface area contributed by atoms with Gasteiger partial charge in [-0.05, 0) is 68.2 Å². The first-order valence-corrected chi connectivity index (χ1v) is 11.6. The number of ketones is 1. The molecule has 4 atom stereocenters. The lowest BCUT2D eigenvalue weighted by Crippen LogP contribution is -2.63. The highest BCUT2D eigenvalue weighted by atomic mass is 16.5. The minimum absolute atomic E-state index is 0.0524. The van der Waals surface area contributed by atoms with Gasteiger partial charge in [0.1, 0.15) is 28.6 Å². The molecule has 2 saturated carbocycles. The Labute approximate surface area is 189 Å². The third-order valence-corrected chi connectivity index (χ3v) is 8.87. The molecule has 170 valence electrons. The third-order valence-electron chi connectivity index (χ3n) is 8.87. The largest absolute Gasteiger partial charge is 0.497 e. The molecule has 3 aliphatic rings. The zero-order valence-corrected chi connectivity index (χ0v) is 19.6. The maximum absolute atomic E-state index is 13.1. The molecule has 5 rings (SSSR count). The first kappa shape index (κ1) is 21.3. The maximum atomic E-state index is 13.1. The molecule has 5 nitrogen and oxygen atoms in total. The molecule has 2 aliphatic carbocycles. The van der Waals surface area contributed by atoms with E-state index in [2.05, 4.69) is 27.7 Å². The summed E-state index contributed by atoms with van der Waals surface area (Å²) in [4.78, 5) is 25.8. The van der Waals surface area contributed by atoms with Crippen LogP contribution >= 0.6 is 0 Å². The van der Waals surface area contributed by atoms with Crippen molar-refractivity contribution in [3.8, 4) is 22.8 Å². The number of benzene rings is 1. The minimum Gasteiger partial charge on any atom is -0.497 e. The van der Waals surface area contributed by atoms with Crippen molar-refractivity contribution in [3.63, 3.8) is 0 Å². The van der Waals surface area contributed by atoms with Crippen LogP contribution in [0.2, 0.25) is 0 Å². The van der Waals surface area contributed by atoms with Gasteiger partial charge in [0.25, 0.3) is 0 Å². The molecule has 1 aromatic carbocycles. The van der Waals surface area contributed by atoms with Crippen LogP contribution in [0.5, 0.6) is 11.5 Å². The molecule has 0 spiro atoms. The summed E-state index contributed by atoms with van der Waals surface area (Å²) >= 11 is 0. The summed E-state index contributed by atoms with van der Waals surface area (Å²) in [7, 11) is 1.62. The molecule has 0 N–H and O–H groups in total. The van der Waals surface area contributed by atoms with Crippen LogP contribution in [0.15, 0.2) is 39.5 Å². The van der Waals surface area contributed by atoms with Gasteiger partial charge in [-0.25, -0.2) is 4.79 Å². The lowest BCUT2D eigenvalue weighted by molar-refractivity contribution is -0.174. The number of Topliss-reactive ketones (excluding diaryl/α,β-unsaturated/α-hetero) is 1. The SMILES string of the molecule is COc1ccc(-c2cc3c(c(=O)o2)CC2[C@@](C)(CC[C@H]4C(C)(C)C(=O)CC[C@]24C)O3)cc1. The van der Waals surface area contributed by atoms with Crippen molar-refractivity contribution in [2.45, 2.75) is 65.4 Å². The number of hydrogen-bond acceptors (Lipinski definition) is 5. The van der Waals surface area contributed by atoms with Crippen LogP contribution in [0.3, 0.4) is 0 Å². The molecule has 5 heteroatoms. The van der Waals surface area contributed by atoms with Crippen molar-refractivity contribution < 1.29 is 18.7 Å². The predicted molar refractivity (Wildman–Crippen MR) is 122 cm³/mol. The lowest BCUT2D eigenvalue weighted by Gasteiger charge is -2.62. The smallest absolute Gasteiger partial charge is 0.343 e. The van der Waals surface area contributed by atoms with E-state index in [0.717, 1.165) is 30.6 Å². The Morgan fingerprint density at radius 2 is 1.72 bits per heavy atom. The van der Waals surface area contributed by atoms with E-state index in [4.69, 9.17) is 13.9 Å². The van der Waals surface area contributed by atoms with Gasteiger partial charge in [-0.1, -0.05) is 20.8 Å². The van der Waals surface area contributed by atoms with E-state index in [1.165, 1.54) is 0 Å². The molecule has 0 saturated heterocycles. The minimum atomic E-state index is -0.361. The number of ether oxygens (including phenoxy) is 2. The number of methoxy groups -OCH3 is 1. The van der Waals surface area contributed by atoms with Gasteiger partial charge < -0.3 is 13.9 Å². The molecular formula is C27H32O5. The van der Waals surface area contributed by atoms with Crippen molar-refractivity contribution >= 4 is 5.78 Å². The number of carbonyl (C=O) groups excluding carboxylic acids is 1. The molecule has 2 heterocycles. The number of rotatable bonds is 2. The van der Waals surface area contributed by atoms with Gasteiger partial charge in [0.05, 0.1) is 12.7 Å². The summed E-state index contributed by atoms with van der Waals surface area (Å²) in [5.74, 6) is 2.72. The van der Waals surface area contributed by atoms with Gasteiger partial charge in [0.15, 0.2) is 0 Å². The van der Waals surface area contributed by atoms with Crippen molar-refractivity contribution in [1.82, 2.24) is 0 Å². The normalized spacial score (nSPS) is 32.8. The fraction of sp³-hybridized carbons (Fsp3) is 0.556. The van der Waals surface area contributed by atoms with Crippen molar-refractivity contribution in [2.75, 3.05) is 7.11 Å². The molecule has 1 aliphatic heterocycles. The van der Waals surface area contributed by atoms with Gasteiger partial charge in [-0.3, -0.25) is 4.79 Å². The molecule has 1 unspecified atom stereocenters. The molecule has 0 bridgehead atoms. The van der Waals surface area contributed by atoms with E-state index in [9.17, 15) is 9.59 Å². The fourth-order valence-electron chi connectivity index (χ4n) is 7.01. The van der Waals surface area contributed by atoms with E-state index < -0.39 is 0 Å². The van der Waals surface area contributed by atoms with E-state index in [0.29, 0.717) is 41.6 Å². The van der Waals surface area contributed by atoms with Crippen molar-refractivity contribution in [1.29, 1.82) is 0 Å². The Balaban J connectivity index is 1.54. The third kappa shape index (κ3) is 2.96. The summed E-state index contributed by atoms with van der Waals surface area (Å²) < 4.78 is 17.6. The van der Waals surface area contributed by atoms with Crippen LogP contribution < -0.4 is 15.1 Å². The molecule has 2 aromatic rings. The summed E-state index contributed by atoms with van der Waals surface area (Å²) in [6.45, 7) is 8.71. The number of hydrogen-bond donors (Lipinski definition) is 0. The zero-order chi connectivity index (χ0) is 22.9. The molecular weight excluding hydrogens is 404 g/mol. The highest BCUT2D eigenvalue weighted by Crippen LogP contribution is 2.63. The maximum Gasteiger partial charge on any atom is 0.343 e. The monoisotopic (exact) mass is 436 g/mol. The Morgan fingerprint density at radius 1 is 1.00 bits per heavy atom. The highest BCUT2D eigenvalue weighted by Gasteiger charge is 2.62. The second-order valence-electron chi connectivity index (χ2n) is 10.9. The molecule has 32 heavy (non-hydrogen) atoms. The van der Waals surface area contributed by atoms with Gasteiger partial charge in [-0.15, -0.1) is 0 Å². The summed E-state index contributed by atoms with van der Waals surface area (Å²) in [6, 6.07) is 9.32. The Kier molecular flexibility index (Phi) is 4.64. The molecule has 0 amide bonds. The topological polar surface area (TPSA) is 65.7 Å². The van der Waals surface area contributed by atoms with Crippen LogP contribution in [-0.2, 0) is 11.2 Å². The summed E-state index contributed by atoms with van der Waals surface area (Å²) in [6.07, 6.45) is 3.93. The second-order valence-corrected chi connectivity index (χ2v) is 10.9. The average molecular weight is 437 g/mol. The molecule has 0 radical (unpaired) electrons. The predicted octanol–water partition coefficient (Wildman–Crippen LogP) is 5.43. The van der Waals surface area contributed by atoms with Gasteiger partial charge in [0.2, 0.25) is 0 Å². The van der Waals surface area contributed by atoms with Gasteiger partial charge in [-0.2, -0.15) is 0 Å². The van der Waals surface area contributed by atoms with Crippen LogP contribution in [0.4, 0.5) is 0 Å². The molecule has 1 aromatic heterocycles. The first-order valence-electron chi connectivity index (χ1n) is 11.6. The Morgan fingerprint density at radius 3 is 2.41 bits per heavy atom. The quantitative estimate of drug-likeness (QED) is 0.628. The zero-order valence-electron chi connectivity index (χ0n) is 19.6. The van der Waals surface area contributed by atoms with Crippen molar-refractivity contribution in [2.24, 2.45) is 22.7 Å². The van der Waals surface area contributed by atoms with Gasteiger partial charge >= 0.3 is 5.63 Å². The van der Waals surface area contributed by atoms with E-state index in [-0.39, 0.29) is 28.0 Å². The van der Waals surface area contributed by atoms with Crippen molar-refractivity contribution in [3.05, 3.63) is 46.3 Å². The van der Waals surface area contributed by atoms with Crippen LogP contribution in [0.25, 0.3) is 11.3 Å². The van der Waals surface area contributed by atoms with Gasteiger partial charge in [0, 0.05) is 29.4 Å². The van der Waals surface area contributed by atoms with E-state index in [1.807, 2.05) is 30.3 Å². The van der Waals surface area contributed by atoms with E-state index >= 15 is 0 Å². The Bertz CT molecular complexity index is 1130. The number of fused-ring (bicyclic) bond motifs is 4. The lowest BCUT2D eigenvalue weighted by atomic mass is 9.44. The van der Waals surface area contributed by atoms with Crippen LogP contribution in [0, 0.1) is 22.7 Å². The summed E-state index contributed by atoms with van der Waals surface area (Å²) in [5.41, 5.74) is 0.360. The first-order chi connectivity index (χ1) is 15.1.